The molecule has 1 atom stereocenters. The summed E-state index contributed by atoms with van der Waals surface area (Å²) >= 11 is 0. The Balaban J connectivity index is 2.10. The Kier molecular flexibility index (Phi) is 4.91. The zero-order chi connectivity index (χ0) is 17.5. The average molecular weight is 335 g/mol. The van der Waals surface area contributed by atoms with Crippen molar-refractivity contribution in [3.8, 4) is 0 Å². The van der Waals surface area contributed by atoms with Crippen LogP contribution in [0.15, 0.2) is 28.7 Å². The van der Waals surface area contributed by atoms with Gasteiger partial charge in [-0.25, -0.2) is 4.21 Å². The van der Waals surface area contributed by atoms with Crippen molar-refractivity contribution in [2.24, 2.45) is 4.40 Å². The molecule has 1 saturated heterocycles. The molecule has 0 radical (unpaired) electrons. The minimum Gasteiger partial charge on any atom is -0.399 e. The number of rotatable bonds is 3. The van der Waals surface area contributed by atoms with Crippen LogP contribution in [0, 0.1) is 0 Å². The molecule has 6 heteroatoms. The highest BCUT2D eigenvalue weighted by atomic mass is 32.2. The Morgan fingerprint density at radius 3 is 1.96 bits per heavy atom. The van der Waals surface area contributed by atoms with E-state index in [1.54, 1.807) is 6.21 Å². The summed E-state index contributed by atoms with van der Waals surface area (Å²) in [5.41, 5.74) is 1.18. The molecule has 0 aliphatic carbocycles. The molecule has 0 spiro atoms. The second kappa shape index (κ2) is 6.15. The highest BCUT2D eigenvalue weighted by Crippen LogP contribution is 2.36. The fourth-order valence-corrected chi connectivity index (χ4v) is 2.52. The van der Waals surface area contributed by atoms with Gasteiger partial charge in [0, 0.05) is 6.21 Å². The first-order valence-corrected chi connectivity index (χ1v) is 8.95. The highest BCUT2D eigenvalue weighted by Gasteiger charge is 2.51. The molecule has 0 N–H and O–H groups in total. The molecule has 0 unspecified atom stereocenters. The van der Waals surface area contributed by atoms with Crippen molar-refractivity contribution >= 4 is 29.8 Å². The maximum atomic E-state index is 11.9. The van der Waals surface area contributed by atoms with Crippen LogP contribution in [0.2, 0.25) is 0 Å². The van der Waals surface area contributed by atoms with Crippen LogP contribution in [0.5, 0.6) is 0 Å². The minimum absolute atomic E-state index is 0.346. The average Bonchev–Trinajstić information content (AvgIpc) is 2.64. The lowest BCUT2D eigenvalue weighted by atomic mass is 9.79. The van der Waals surface area contributed by atoms with Crippen molar-refractivity contribution < 1.29 is 13.5 Å². The van der Waals surface area contributed by atoms with E-state index in [9.17, 15) is 4.21 Å². The van der Waals surface area contributed by atoms with Gasteiger partial charge in [-0.05, 0) is 59.5 Å². The summed E-state index contributed by atoms with van der Waals surface area (Å²) in [6.07, 6.45) is 1.65. The molecule has 23 heavy (non-hydrogen) atoms. The third-order valence-electron chi connectivity index (χ3n) is 4.28. The van der Waals surface area contributed by atoms with Crippen LogP contribution >= 0.6 is 0 Å². The van der Waals surface area contributed by atoms with Gasteiger partial charge in [-0.2, -0.15) is 4.40 Å². The summed E-state index contributed by atoms with van der Waals surface area (Å²) in [7, 11) is -1.61. The smallest absolute Gasteiger partial charge is 0.399 e. The molecule has 1 aromatic rings. The lowest BCUT2D eigenvalue weighted by Gasteiger charge is -2.32. The summed E-state index contributed by atoms with van der Waals surface area (Å²) in [6, 6.07) is 7.79. The van der Waals surface area contributed by atoms with Gasteiger partial charge in [0.1, 0.15) is 11.0 Å². The Morgan fingerprint density at radius 1 is 1.04 bits per heavy atom. The van der Waals surface area contributed by atoms with Crippen LogP contribution < -0.4 is 5.46 Å². The number of hydrogen-bond acceptors (Lipinski definition) is 3. The van der Waals surface area contributed by atoms with Crippen LogP contribution in [-0.4, -0.2) is 33.5 Å². The summed E-state index contributed by atoms with van der Waals surface area (Å²) in [6.45, 7) is 13.9. The topological polar surface area (TPSA) is 47.9 Å². The Bertz CT molecular complexity index is 602. The van der Waals surface area contributed by atoms with Crippen molar-refractivity contribution in [3.05, 3.63) is 29.8 Å². The van der Waals surface area contributed by atoms with Gasteiger partial charge in [0.2, 0.25) is 0 Å². The second-order valence-electron chi connectivity index (χ2n) is 7.85. The largest absolute Gasteiger partial charge is 0.494 e. The zero-order valence-electron chi connectivity index (χ0n) is 15.0. The van der Waals surface area contributed by atoms with Gasteiger partial charge in [-0.15, -0.1) is 0 Å². The van der Waals surface area contributed by atoms with Crippen LogP contribution in [0.25, 0.3) is 0 Å². The Labute approximate surface area is 142 Å². The van der Waals surface area contributed by atoms with Crippen LogP contribution in [0.3, 0.4) is 0 Å². The zero-order valence-corrected chi connectivity index (χ0v) is 15.9. The van der Waals surface area contributed by atoms with Crippen LogP contribution in [-0.2, 0) is 20.3 Å². The molecule has 126 valence electrons. The molecule has 0 saturated carbocycles. The first-order chi connectivity index (χ1) is 10.4. The minimum atomic E-state index is -1.25. The number of nitrogens with zero attached hydrogens (tertiary/aromatic N) is 1. The van der Waals surface area contributed by atoms with Crippen molar-refractivity contribution in [1.82, 2.24) is 0 Å². The molecule has 1 aliphatic rings. The maximum absolute atomic E-state index is 11.9. The Hall–Kier alpha value is -0.975. The van der Waals surface area contributed by atoms with Crippen LogP contribution in [0.4, 0.5) is 0 Å². The van der Waals surface area contributed by atoms with E-state index in [-0.39, 0.29) is 23.1 Å². The summed E-state index contributed by atoms with van der Waals surface area (Å²) in [5.74, 6) is 0. The normalized spacial score (nSPS) is 21.8. The van der Waals surface area contributed by atoms with E-state index >= 15 is 0 Å². The van der Waals surface area contributed by atoms with Crippen molar-refractivity contribution in [3.63, 3.8) is 0 Å². The molecule has 0 bridgehead atoms. The van der Waals surface area contributed by atoms with Gasteiger partial charge in [-0.1, -0.05) is 24.3 Å². The lowest BCUT2D eigenvalue weighted by molar-refractivity contribution is 0.00578. The van der Waals surface area contributed by atoms with E-state index in [0.717, 1.165) is 11.0 Å². The van der Waals surface area contributed by atoms with E-state index in [1.165, 1.54) is 0 Å². The lowest BCUT2D eigenvalue weighted by Crippen LogP contribution is -2.41. The molecule has 1 aliphatic heterocycles. The predicted molar refractivity (Wildman–Crippen MR) is 97.6 cm³/mol. The van der Waals surface area contributed by atoms with E-state index < -0.39 is 11.0 Å². The van der Waals surface area contributed by atoms with E-state index in [0.29, 0.717) is 0 Å². The van der Waals surface area contributed by atoms with Crippen molar-refractivity contribution in [2.45, 2.75) is 64.4 Å². The fraction of sp³-hybridized carbons (Fsp3) is 0.588. The van der Waals surface area contributed by atoms with Gasteiger partial charge < -0.3 is 9.31 Å². The van der Waals surface area contributed by atoms with Gasteiger partial charge in [0.25, 0.3) is 0 Å². The molecule has 0 amide bonds. The molecule has 1 heterocycles. The monoisotopic (exact) mass is 335 g/mol. The standard InChI is InChI=1S/C17H26BNO3S/c1-15(2,3)23(20)19-12-13-8-10-14(11-9-13)18-21-16(4,5)17(6,7)22-18/h8-12H,1-7H3/b19-12+/t23-/m0/s1. The molecular formula is C17H26BNO3S. The summed E-state index contributed by atoms with van der Waals surface area (Å²) in [5, 5.41) is 0. The van der Waals surface area contributed by atoms with Gasteiger partial charge in [0.05, 0.1) is 15.9 Å². The molecule has 2 rings (SSSR count). The van der Waals surface area contributed by atoms with E-state index in [2.05, 4.69) is 4.40 Å². The van der Waals surface area contributed by atoms with Gasteiger partial charge in [-0.3, -0.25) is 0 Å². The predicted octanol–water partition coefficient (Wildman–Crippen LogP) is 2.87. The SMILES string of the molecule is CC(C)(C)[S@](=O)/N=C/c1ccc(B2OC(C)(C)C(C)(C)O2)cc1. The quantitative estimate of drug-likeness (QED) is 0.630. The molecule has 1 fully saturated rings. The Morgan fingerprint density at radius 2 is 1.52 bits per heavy atom. The molecule has 1 aromatic carbocycles. The van der Waals surface area contributed by atoms with Gasteiger partial charge >= 0.3 is 7.12 Å². The van der Waals surface area contributed by atoms with E-state index in [1.807, 2.05) is 72.7 Å². The fourth-order valence-electron chi connectivity index (χ4n) is 1.99. The summed E-state index contributed by atoms with van der Waals surface area (Å²) < 4.78 is 27.8. The van der Waals surface area contributed by atoms with E-state index in [4.69, 9.17) is 9.31 Å². The van der Waals surface area contributed by atoms with Gasteiger partial charge in [0.15, 0.2) is 0 Å². The van der Waals surface area contributed by atoms with Crippen molar-refractivity contribution in [1.29, 1.82) is 0 Å². The van der Waals surface area contributed by atoms with Crippen molar-refractivity contribution in [2.75, 3.05) is 0 Å². The first kappa shape index (κ1) is 18.4. The second-order valence-corrected chi connectivity index (χ2v) is 9.78. The highest BCUT2D eigenvalue weighted by molar-refractivity contribution is 7.85. The summed E-state index contributed by atoms with van der Waals surface area (Å²) in [4.78, 5) is 0. The third kappa shape index (κ3) is 4.11. The maximum Gasteiger partial charge on any atom is 0.494 e. The molecule has 0 aromatic heterocycles. The third-order valence-corrected chi connectivity index (χ3v) is 5.63. The number of benzene rings is 1. The molecule has 4 nitrogen and oxygen atoms in total. The number of hydrogen-bond donors (Lipinski definition) is 0. The van der Waals surface area contributed by atoms with Crippen LogP contribution in [0.1, 0.15) is 54.0 Å². The molecular weight excluding hydrogens is 309 g/mol. The first-order valence-electron chi connectivity index (χ1n) is 7.84.